The minimum absolute atomic E-state index is 0.281. The second-order valence-electron chi connectivity index (χ2n) is 4.79. The number of carbonyl (C=O) groups excluding carboxylic acids is 1. The standard InChI is InChI=1S/C17H18Cl2N2O2/c1-3-21(4-2)12-7-5-8-13(11-12)23-17(22)20-15-10-6-9-14(18)16(15)19/h5-11H,3-4H2,1-2H3,(H,20,22). The molecule has 1 amide bonds. The Bertz CT molecular complexity index is 688. The maximum absolute atomic E-state index is 12.0. The molecule has 0 fully saturated rings. The average Bonchev–Trinajstić information content (AvgIpc) is 2.53. The number of ether oxygens (including phenoxy) is 1. The minimum Gasteiger partial charge on any atom is -0.410 e. The van der Waals surface area contributed by atoms with Crippen LogP contribution < -0.4 is 15.0 Å². The molecule has 0 unspecified atom stereocenters. The second-order valence-corrected chi connectivity index (χ2v) is 5.57. The molecule has 23 heavy (non-hydrogen) atoms. The van der Waals surface area contributed by atoms with Crippen molar-refractivity contribution in [2.75, 3.05) is 23.3 Å². The van der Waals surface area contributed by atoms with Crippen molar-refractivity contribution < 1.29 is 9.53 Å². The molecule has 2 rings (SSSR count). The van der Waals surface area contributed by atoms with Crippen molar-refractivity contribution in [3.05, 3.63) is 52.5 Å². The van der Waals surface area contributed by atoms with Crippen LogP contribution in [0.3, 0.4) is 0 Å². The highest BCUT2D eigenvalue weighted by Gasteiger charge is 2.11. The fourth-order valence-corrected chi connectivity index (χ4v) is 2.52. The van der Waals surface area contributed by atoms with Gasteiger partial charge in [0, 0.05) is 24.8 Å². The third-order valence-corrected chi connectivity index (χ3v) is 4.16. The summed E-state index contributed by atoms with van der Waals surface area (Å²) in [6.45, 7) is 5.91. The van der Waals surface area contributed by atoms with E-state index in [0.717, 1.165) is 18.8 Å². The molecular formula is C17H18Cl2N2O2. The zero-order valence-electron chi connectivity index (χ0n) is 13.0. The minimum atomic E-state index is -0.620. The van der Waals surface area contributed by atoms with Gasteiger partial charge in [0.2, 0.25) is 0 Å². The Morgan fingerprint density at radius 2 is 1.83 bits per heavy atom. The number of anilines is 2. The summed E-state index contributed by atoms with van der Waals surface area (Å²) < 4.78 is 5.31. The van der Waals surface area contributed by atoms with E-state index in [1.165, 1.54) is 0 Å². The molecule has 0 aliphatic rings. The molecule has 0 bridgehead atoms. The molecule has 0 spiro atoms. The first-order valence-electron chi connectivity index (χ1n) is 7.33. The highest BCUT2D eigenvalue weighted by Crippen LogP contribution is 2.29. The van der Waals surface area contributed by atoms with E-state index in [9.17, 15) is 4.79 Å². The van der Waals surface area contributed by atoms with E-state index in [1.807, 2.05) is 18.2 Å². The predicted molar refractivity (Wildman–Crippen MR) is 96.1 cm³/mol. The van der Waals surface area contributed by atoms with E-state index in [0.29, 0.717) is 16.5 Å². The van der Waals surface area contributed by atoms with Crippen molar-refractivity contribution in [3.8, 4) is 5.75 Å². The highest BCUT2D eigenvalue weighted by molar-refractivity contribution is 6.43. The van der Waals surface area contributed by atoms with E-state index in [1.54, 1.807) is 24.3 Å². The fourth-order valence-electron chi connectivity index (χ4n) is 2.18. The summed E-state index contributed by atoms with van der Waals surface area (Å²) >= 11 is 12.0. The Balaban J connectivity index is 2.08. The molecule has 2 aromatic carbocycles. The number of amides is 1. The van der Waals surface area contributed by atoms with E-state index in [2.05, 4.69) is 24.1 Å². The molecule has 0 radical (unpaired) electrons. The Labute approximate surface area is 146 Å². The number of benzene rings is 2. The van der Waals surface area contributed by atoms with Crippen molar-refractivity contribution in [1.29, 1.82) is 0 Å². The molecule has 0 heterocycles. The van der Waals surface area contributed by atoms with Crippen molar-refractivity contribution >= 4 is 40.7 Å². The van der Waals surface area contributed by atoms with Crippen LogP contribution >= 0.6 is 23.2 Å². The van der Waals surface area contributed by atoms with Crippen LogP contribution in [0.5, 0.6) is 5.75 Å². The van der Waals surface area contributed by atoms with Gasteiger partial charge in [-0.15, -0.1) is 0 Å². The van der Waals surface area contributed by atoms with Crippen LogP contribution in [0, 0.1) is 0 Å². The van der Waals surface area contributed by atoms with Crippen molar-refractivity contribution in [2.24, 2.45) is 0 Å². The van der Waals surface area contributed by atoms with Crippen LogP contribution in [-0.4, -0.2) is 19.2 Å². The second kappa shape index (κ2) is 8.09. The van der Waals surface area contributed by atoms with Crippen LogP contribution in [0.2, 0.25) is 10.0 Å². The van der Waals surface area contributed by atoms with Crippen LogP contribution in [0.25, 0.3) is 0 Å². The van der Waals surface area contributed by atoms with Gasteiger partial charge in [-0.3, -0.25) is 5.32 Å². The Hall–Kier alpha value is -1.91. The molecule has 4 nitrogen and oxygen atoms in total. The first-order valence-corrected chi connectivity index (χ1v) is 8.08. The van der Waals surface area contributed by atoms with Crippen LogP contribution in [0.1, 0.15) is 13.8 Å². The third kappa shape index (κ3) is 4.53. The highest BCUT2D eigenvalue weighted by atomic mass is 35.5. The van der Waals surface area contributed by atoms with E-state index in [-0.39, 0.29) is 5.02 Å². The van der Waals surface area contributed by atoms with E-state index in [4.69, 9.17) is 27.9 Å². The SMILES string of the molecule is CCN(CC)c1cccc(OC(=O)Nc2cccc(Cl)c2Cl)c1. The molecule has 2 aromatic rings. The summed E-state index contributed by atoms with van der Waals surface area (Å²) in [6, 6.07) is 12.4. The Morgan fingerprint density at radius 1 is 1.13 bits per heavy atom. The molecular weight excluding hydrogens is 335 g/mol. The van der Waals surface area contributed by atoms with Gasteiger partial charge in [0.15, 0.2) is 0 Å². The van der Waals surface area contributed by atoms with Gasteiger partial charge >= 0.3 is 6.09 Å². The molecule has 122 valence electrons. The molecule has 0 aliphatic heterocycles. The summed E-state index contributed by atoms with van der Waals surface area (Å²) in [6.07, 6.45) is -0.620. The maximum Gasteiger partial charge on any atom is 0.417 e. The molecule has 0 saturated carbocycles. The third-order valence-electron chi connectivity index (χ3n) is 3.35. The number of carbonyl (C=O) groups is 1. The number of halogens is 2. The lowest BCUT2D eigenvalue weighted by molar-refractivity contribution is 0.215. The summed E-state index contributed by atoms with van der Waals surface area (Å²) in [4.78, 5) is 14.2. The summed E-state index contributed by atoms with van der Waals surface area (Å²) in [5.41, 5.74) is 1.41. The Kier molecular flexibility index (Phi) is 6.13. The number of nitrogens with one attached hydrogen (secondary N) is 1. The van der Waals surface area contributed by atoms with Gasteiger partial charge in [-0.2, -0.15) is 0 Å². The molecule has 1 N–H and O–H groups in total. The number of rotatable bonds is 5. The fraction of sp³-hybridized carbons (Fsp3) is 0.235. The van der Waals surface area contributed by atoms with Gasteiger partial charge in [0.25, 0.3) is 0 Å². The number of nitrogens with zero attached hydrogens (tertiary/aromatic N) is 1. The lowest BCUT2D eigenvalue weighted by Gasteiger charge is -2.21. The molecule has 0 aliphatic carbocycles. The average molecular weight is 353 g/mol. The van der Waals surface area contributed by atoms with E-state index >= 15 is 0 Å². The van der Waals surface area contributed by atoms with Gasteiger partial charge in [0.05, 0.1) is 15.7 Å². The van der Waals surface area contributed by atoms with E-state index < -0.39 is 6.09 Å². The van der Waals surface area contributed by atoms with Crippen molar-refractivity contribution in [3.63, 3.8) is 0 Å². The van der Waals surface area contributed by atoms with Crippen LogP contribution in [0.15, 0.2) is 42.5 Å². The normalized spacial score (nSPS) is 10.3. The summed E-state index contributed by atoms with van der Waals surface area (Å²) in [7, 11) is 0. The summed E-state index contributed by atoms with van der Waals surface area (Å²) in [5, 5.41) is 3.23. The van der Waals surface area contributed by atoms with Gasteiger partial charge in [-0.05, 0) is 38.1 Å². The molecule has 6 heteroatoms. The molecule has 0 aromatic heterocycles. The lowest BCUT2D eigenvalue weighted by Crippen LogP contribution is -2.22. The first kappa shape index (κ1) is 17.4. The van der Waals surface area contributed by atoms with Gasteiger partial charge < -0.3 is 9.64 Å². The van der Waals surface area contributed by atoms with Crippen molar-refractivity contribution in [2.45, 2.75) is 13.8 Å². The van der Waals surface area contributed by atoms with Crippen LogP contribution in [-0.2, 0) is 0 Å². The van der Waals surface area contributed by atoms with Gasteiger partial charge in [-0.25, -0.2) is 4.79 Å². The van der Waals surface area contributed by atoms with Crippen molar-refractivity contribution in [1.82, 2.24) is 0 Å². The van der Waals surface area contributed by atoms with Crippen LogP contribution in [0.4, 0.5) is 16.2 Å². The zero-order chi connectivity index (χ0) is 16.8. The van der Waals surface area contributed by atoms with Gasteiger partial charge in [-0.1, -0.05) is 35.3 Å². The topological polar surface area (TPSA) is 41.6 Å². The Morgan fingerprint density at radius 3 is 2.52 bits per heavy atom. The maximum atomic E-state index is 12.0. The number of hydrogen-bond acceptors (Lipinski definition) is 3. The molecule has 0 atom stereocenters. The smallest absolute Gasteiger partial charge is 0.410 e. The van der Waals surface area contributed by atoms with Gasteiger partial charge in [0.1, 0.15) is 5.75 Å². The first-order chi connectivity index (χ1) is 11.0. The summed E-state index contributed by atoms with van der Waals surface area (Å²) in [5.74, 6) is 0.463. The monoisotopic (exact) mass is 352 g/mol. The molecule has 0 saturated heterocycles. The quantitative estimate of drug-likeness (QED) is 0.777. The zero-order valence-corrected chi connectivity index (χ0v) is 14.5. The predicted octanol–water partition coefficient (Wildman–Crippen LogP) is 5.45. The largest absolute Gasteiger partial charge is 0.417 e. The number of hydrogen-bond donors (Lipinski definition) is 1. The lowest BCUT2D eigenvalue weighted by atomic mass is 10.2.